The third-order valence-electron chi connectivity index (χ3n) is 3.84. The van der Waals surface area contributed by atoms with Crippen molar-refractivity contribution in [2.75, 3.05) is 0 Å². The van der Waals surface area contributed by atoms with E-state index >= 15 is 0 Å². The van der Waals surface area contributed by atoms with Gasteiger partial charge in [-0.2, -0.15) is 5.10 Å². The third-order valence-corrected chi connectivity index (χ3v) is 4.45. The average Bonchev–Trinajstić information content (AvgIpc) is 3.09. The second-order valence-corrected chi connectivity index (χ2v) is 6.18. The molecule has 1 saturated carbocycles. The summed E-state index contributed by atoms with van der Waals surface area (Å²) in [4.78, 5) is 0. The van der Waals surface area contributed by atoms with Crippen molar-refractivity contribution >= 4 is 15.9 Å². The molecule has 0 amide bonds. The highest BCUT2D eigenvalue weighted by molar-refractivity contribution is 9.08. The second-order valence-electron chi connectivity index (χ2n) is 5.62. The monoisotopic (exact) mass is 318 g/mol. The minimum atomic E-state index is 0.704. The van der Waals surface area contributed by atoms with Crippen molar-refractivity contribution < 1.29 is 0 Å². The van der Waals surface area contributed by atoms with Gasteiger partial charge in [0.25, 0.3) is 0 Å². The molecule has 1 aromatic heterocycles. The van der Waals surface area contributed by atoms with Crippen LogP contribution in [-0.2, 0) is 5.33 Å². The highest BCUT2D eigenvalue weighted by atomic mass is 79.9. The molecule has 100 valence electrons. The van der Waals surface area contributed by atoms with Crippen LogP contribution in [0.4, 0.5) is 0 Å². The lowest BCUT2D eigenvalue weighted by Gasteiger charge is -2.15. The van der Waals surface area contributed by atoms with E-state index in [0.717, 1.165) is 5.33 Å². The summed E-state index contributed by atoms with van der Waals surface area (Å²) in [6, 6.07) is 4.49. The van der Waals surface area contributed by atoms with Crippen LogP contribution in [0.25, 0.3) is 5.69 Å². The van der Waals surface area contributed by atoms with Crippen LogP contribution in [0.3, 0.4) is 0 Å². The van der Waals surface area contributed by atoms with Gasteiger partial charge in [-0.1, -0.05) is 33.6 Å². The molecule has 1 heterocycles. The molecule has 2 aromatic rings. The standard InChI is InChI=1S/C16H19BrN2/c1-10-6-11(2)15(12(3)7-10)19-16(13-4-5-13)14(8-17)9-18-19/h6-7,9,13H,4-5,8H2,1-3H3. The maximum absolute atomic E-state index is 4.66. The van der Waals surface area contributed by atoms with E-state index in [4.69, 9.17) is 0 Å². The number of benzene rings is 1. The van der Waals surface area contributed by atoms with Crippen LogP contribution in [0, 0.1) is 20.8 Å². The Morgan fingerprint density at radius 1 is 1.21 bits per heavy atom. The van der Waals surface area contributed by atoms with Crippen LogP contribution >= 0.6 is 15.9 Å². The van der Waals surface area contributed by atoms with E-state index in [2.05, 4.69) is 58.6 Å². The Labute approximate surface area is 123 Å². The molecular formula is C16H19BrN2. The molecular weight excluding hydrogens is 300 g/mol. The average molecular weight is 319 g/mol. The Bertz CT molecular complexity index is 601. The quantitative estimate of drug-likeness (QED) is 0.758. The maximum atomic E-state index is 4.66. The van der Waals surface area contributed by atoms with Crippen LogP contribution in [0.1, 0.15) is 46.7 Å². The van der Waals surface area contributed by atoms with Crippen LogP contribution < -0.4 is 0 Å². The predicted octanol–water partition coefficient (Wildman–Crippen LogP) is 4.57. The summed E-state index contributed by atoms with van der Waals surface area (Å²) < 4.78 is 2.18. The van der Waals surface area contributed by atoms with Gasteiger partial charge in [0, 0.05) is 16.8 Å². The van der Waals surface area contributed by atoms with Gasteiger partial charge >= 0.3 is 0 Å². The fraction of sp³-hybridized carbons (Fsp3) is 0.438. The van der Waals surface area contributed by atoms with E-state index in [9.17, 15) is 0 Å². The highest BCUT2D eigenvalue weighted by Crippen LogP contribution is 2.43. The molecule has 0 saturated heterocycles. The van der Waals surface area contributed by atoms with E-state index in [0.29, 0.717) is 5.92 Å². The Morgan fingerprint density at radius 3 is 2.37 bits per heavy atom. The molecule has 1 fully saturated rings. The molecule has 3 rings (SSSR count). The molecule has 0 N–H and O–H groups in total. The topological polar surface area (TPSA) is 17.8 Å². The number of aryl methyl sites for hydroxylation is 3. The summed E-state index contributed by atoms with van der Waals surface area (Å²) >= 11 is 3.59. The molecule has 0 unspecified atom stereocenters. The summed E-state index contributed by atoms with van der Waals surface area (Å²) in [7, 11) is 0. The van der Waals surface area contributed by atoms with Crippen LogP contribution in [-0.4, -0.2) is 9.78 Å². The summed E-state index contributed by atoms with van der Waals surface area (Å²) in [6.07, 6.45) is 4.62. The van der Waals surface area contributed by atoms with E-state index in [1.807, 2.05) is 6.20 Å². The van der Waals surface area contributed by atoms with Crippen molar-refractivity contribution in [1.82, 2.24) is 9.78 Å². The lowest BCUT2D eigenvalue weighted by atomic mass is 10.0. The number of alkyl halides is 1. The van der Waals surface area contributed by atoms with Crippen molar-refractivity contribution in [2.24, 2.45) is 0 Å². The summed E-state index contributed by atoms with van der Waals surface area (Å²) in [6.45, 7) is 6.52. The van der Waals surface area contributed by atoms with E-state index in [1.54, 1.807) is 0 Å². The molecule has 0 bridgehead atoms. The zero-order chi connectivity index (χ0) is 13.6. The van der Waals surface area contributed by atoms with Crippen molar-refractivity contribution in [3.63, 3.8) is 0 Å². The van der Waals surface area contributed by atoms with E-state index in [-0.39, 0.29) is 0 Å². The van der Waals surface area contributed by atoms with Gasteiger partial charge in [0.05, 0.1) is 17.6 Å². The molecule has 0 aliphatic heterocycles. The largest absolute Gasteiger partial charge is 0.237 e. The Hall–Kier alpha value is -1.09. The maximum Gasteiger partial charge on any atom is 0.0707 e. The number of rotatable bonds is 3. The van der Waals surface area contributed by atoms with Crippen molar-refractivity contribution in [3.05, 3.63) is 46.3 Å². The predicted molar refractivity (Wildman–Crippen MR) is 82.4 cm³/mol. The number of nitrogens with zero attached hydrogens (tertiary/aromatic N) is 2. The first kappa shape index (κ1) is 12.9. The van der Waals surface area contributed by atoms with Crippen molar-refractivity contribution in [3.8, 4) is 5.69 Å². The highest BCUT2D eigenvalue weighted by Gasteiger charge is 2.30. The molecule has 3 heteroatoms. The fourth-order valence-corrected chi connectivity index (χ4v) is 3.40. The zero-order valence-corrected chi connectivity index (χ0v) is 13.3. The smallest absolute Gasteiger partial charge is 0.0707 e. The number of hydrogen-bond acceptors (Lipinski definition) is 1. The Balaban J connectivity index is 2.20. The number of hydrogen-bond donors (Lipinski definition) is 0. The Kier molecular flexibility index (Phi) is 3.25. The molecule has 1 aliphatic rings. The molecule has 19 heavy (non-hydrogen) atoms. The molecule has 2 nitrogen and oxygen atoms in total. The van der Waals surface area contributed by atoms with E-state index < -0.39 is 0 Å². The normalized spacial score (nSPS) is 14.9. The van der Waals surface area contributed by atoms with Gasteiger partial charge in [-0.15, -0.1) is 0 Å². The van der Waals surface area contributed by atoms with Gasteiger partial charge in [0.1, 0.15) is 0 Å². The molecule has 0 radical (unpaired) electrons. The zero-order valence-electron chi connectivity index (χ0n) is 11.7. The first-order valence-corrected chi connectivity index (χ1v) is 7.95. The van der Waals surface area contributed by atoms with Gasteiger partial charge in [0.2, 0.25) is 0 Å². The first-order valence-electron chi connectivity index (χ1n) is 6.82. The minimum absolute atomic E-state index is 0.704. The van der Waals surface area contributed by atoms with E-state index in [1.165, 1.54) is 46.5 Å². The molecule has 1 aliphatic carbocycles. The van der Waals surface area contributed by atoms with Gasteiger partial charge < -0.3 is 0 Å². The van der Waals surface area contributed by atoms with Gasteiger partial charge in [-0.25, -0.2) is 4.68 Å². The second kappa shape index (κ2) is 4.78. The van der Waals surface area contributed by atoms with Crippen molar-refractivity contribution in [1.29, 1.82) is 0 Å². The minimum Gasteiger partial charge on any atom is -0.237 e. The molecule has 0 spiro atoms. The van der Waals surface area contributed by atoms with Gasteiger partial charge in [-0.05, 0) is 44.7 Å². The number of halogens is 1. The Morgan fingerprint density at radius 2 is 1.84 bits per heavy atom. The SMILES string of the molecule is Cc1cc(C)c(-n2ncc(CBr)c2C2CC2)c(C)c1. The summed E-state index contributed by atoms with van der Waals surface area (Å²) in [5.74, 6) is 0.704. The van der Waals surface area contributed by atoms with Crippen molar-refractivity contribution in [2.45, 2.75) is 44.9 Å². The first-order chi connectivity index (χ1) is 9.11. The lowest BCUT2D eigenvalue weighted by molar-refractivity contribution is 0.794. The number of aromatic nitrogens is 2. The summed E-state index contributed by atoms with van der Waals surface area (Å²) in [5, 5.41) is 5.55. The van der Waals surface area contributed by atoms with Gasteiger partial charge in [0.15, 0.2) is 0 Å². The summed E-state index contributed by atoms with van der Waals surface area (Å²) in [5.41, 5.74) is 7.94. The van der Waals surface area contributed by atoms with Crippen LogP contribution in [0.2, 0.25) is 0 Å². The molecule has 0 atom stereocenters. The van der Waals surface area contributed by atoms with Gasteiger partial charge in [-0.3, -0.25) is 0 Å². The van der Waals surface area contributed by atoms with Crippen LogP contribution in [0.15, 0.2) is 18.3 Å². The lowest BCUT2D eigenvalue weighted by Crippen LogP contribution is -2.06. The third kappa shape index (κ3) is 2.25. The van der Waals surface area contributed by atoms with Crippen LogP contribution in [0.5, 0.6) is 0 Å². The molecule has 1 aromatic carbocycles. The fourth-order valence-electron chi connectivity index (χ4n) is 2.97.